The number of hydrogen-bond acceptors (Lipinski definition) is 5. The molecule has 1 saturated carbocycles. The van der Waals surface area contributed by atoms with Gasteiger partial charge in [-0.05, 0) is 69.4 Å². The minimum Gasteiger partial charge on any atom is -0.455 e. The molecule has 3 heterocycles. The lowest BCUT2D eigenvalue weighted by molar-refractivity contribution is 0.0725. The van der Waals surface area contributed by atoms with E-state index in [1.54, 1.807) is 33.9 Å². The van der Waals surface area contributed by atoms with Crippen LogP contribution in [0.25, 0.3) is 5.52 Å². The number of carbonyl (C=O) groups is 2. The van der Waals surface area contributed by atoms with Crippen molar-refractivity contribution in [3.05, 3.63) is 53.3 Å². The number of carbonyl (C=O) groups excluding carboxylic acids is 2. The van der Waals surface area contributed by atoms with Crippen molar-refractivity contribution < 1.29 is 19.4 Å². The molecule has 3 amide bonds. The number of aliphatic hydroxyl groups is 1. The van der Waals surface area contributed by atoms with Crippen LogP contribution in [-0.2, 0) is 0 Å². The van der Waals surface area contributed by atoms with Gasteiger partial charge in [0.05, 0.1) is 17.9 Å². The number of benzene rings is 1. The zero-order chi connectivity index (χ0) is 24.0. The molecule has 0 radical (unpaired) electrons. The maximum Gasteiger partial charge on any atom is 0.319 e. The van der Waals surface area contributed by atoms with E-state index in [-0.39, 0.29) is 24.0 Å². The summed E-state index contributed by atoms with van der Waals surface area (Å²) >= 11 is 0. The van der Waals surface area contributed by atoms with Crippen molar-refractivity contribution in [1.82, 2.24) is 19.8 Å². The van der Waals surface area contributed by atoms with Gasteiger partial charge < -0.3 is 25.4 Å². The number of aromatic nitrogens is 2. The second-order valence-electron chi connectivity index (χ2n) is 9.30. The number of rotatable bonds is 5. The zero-order valence-electron chi connectivity index (χ0n) is 19.5. The second-order valence-corrected chi connectivity index (χ2v) is 9.30. The van der Waals surface area contributed by atoms with Crippen molar-refractivity contribution in [2.24, 2.45) is 0 Å². The van der Waals surface area contributed by atoms with Gasteiger partial charge in [0.1, 0.15) is 11.3 Å². The highest BCUT2D eigenvalue weighted by Crippen LogP contribution is 2.33. The summed E-state index contributed by atoms with van der Waals surface area (Å²) in [6.45, 7) is 6.07. The number of aliphatic hydroxyl groups excluding tert-OH is 1. The number of amides is 3. The Morgan fingerprint density at radius 1 is 1.21 bits per heavy atom. The highest BCUT2D eigenvalue weighted by molar-refractivity contribution is 5.98. The van der Waals surface area contributed by atoms with Crippen LogP contribution in [0.15, 0.2) is 36.7 Å². The second kappa shape index (κ2) is 8.64. The average molecular weight is 464 g/mol. The van der Waals surface area contributed by atoms with Gasteiger partial charge in [-0.3, -0.25) is 4.79 Å². The van der Waals surface area contributed by atoms with Gasteiger partial charge in [0.15, 0.2) is 5.75 Å². The number of nitrogens with one attached hydrogen (secondary N) is 2. The number of likely N-dealkylation sites (tertiary alicyclic amines) is 1. The molecule has 1 aliphatic carbocycles. The first-order valence-electron chi connectivity index (χ1n) is 11.6. The number of aryl methyl sites for hydroxylation is 2. The summed E-state index contributed by atoms with van der Waals surface area (Å²) in [5, 5.41) is 20.1. The minimum atomic E-state index is -0.492. The van der Waals surface area contributed by atoms with E-state index in [4.69, 9.17) is 4.74 Å². The van der Waals surface area contributed by atoms with Crippen LogP contribution in [0.5, 0.6) is 11.5 Å². The maximum absolute atomic E-state index is 13.2. The van der Waals surface area contributed by atoms with E-state index >= 15 is 0 Å². The molecule has 2 atom stereocenters. The molecule has 5 rings (SSSR count). The predicted octanol–water partition coefficient (Wildman–Crippen LogP) is 3.62. The van der Waals surface area contributed by atoms with E-state index in [1.807, 2.05) is 32.9 Å². The molecule has 3 aromatic rings. The third-order valence-electron chi connectivity index (χ3n) is 6.52. The minimum absolute atomic E-state index is 0.0185. The Kier molecular flexibility index (Phi) is 5.65. The summed E-state index contributed by atoms with van der Waals surface area (Å²) in [5.41, 5.74) is 3.62. The van der Waals surface area contributed by atoms with Crippen LogP contribution >= 0.6 is 0 Å². The molecule has 0 bridgehead atoms. The molecule has 9 heteroatoms. The first-order chi connectivity index (χ1) is 16.3. The lowest BCUT2D eigenvalue weighted by Gasteiger charge is -2.20. The van der Waals surface area contributed by atoms with Crippen molar-refractivity contribution in [3.63, 3.8) is 0 Å². The number of β-amino-alcohol motifs (C(OH)–C–C–N with tert-alkyl or cyclic N) is 1. The van der Waals surface area contributed by atoms with Gasteiger partial charge in [0.2, 0.25) is 0 Å². The summed E-state index contributed by atoms with van der Waals surface area (Å²) in [6, 6.07) is 7.32. The van der Waals surface area contributed by atoms with Gasteiger partial charge in [-0.1, -0.05) is 0 Å². The molecule has 34 heavy (non-hydrogen) atoms. The van der Waals surface area contributed by atoms with Crippen molar-refractivity contribution in [2.75, 3.05) is 11.9 Å². The van der Waals surface area contributed by atoms with Crippen LogP contribution in [0.2, 0.25) is 0 Å². The summed E-state index contributed by atoms with van der Waals surface area (Å²) < 4.78 is 7.84. The molecule has 0 spiro atoms. The molecular formula is C25H29N5O4. The van der Waals surface area contributed by atoms with Gasteiger partial charge in [0.25, 0.3) is 5.91 Å². The standard InChI is InChI=1S/C25H29N5O4/c1-14-10-19(6-7-21(14)28-25(33)27-17-4-5-17)34-22-8-9-26-30-13-20(16(3)23(22)30)24(32)29-12-18(31)11-15(29)2/h6-10,13,15,17-18,31H,4-5,11-12H2,1-3H3,(H2,27,28,33)/t15-,18+/m1/s1. The van der Waals surface area contributed by atoms with Gasteiger partial charge in [-0.2, -0.15) is 5.10 Å². The topological polar surface area (TPSA) is 108 Å². The number of fused-ring (bicyclic) bond motifs is 1. The maximum atomic E-state index is 13.2. The van der Waals surface area contributed by atoms with Crippen molar-refractivity contribution in [2.45, 2.75) is 58.2 Å². The fraction of sp³-hybridized carbons (Fsp3) is 0.400. The molecule has 2 fully saturated rings. The molecule has 3 N–H and O–H groups in total. The molecule has 9 nitrogen and oxygen atoms in total. The number of ether oxygens (including phenoxy) is 1. The van der Waals surface area contributed by atoms with Gasteiger partial charge in [-0.25, -0.2) is 9.31 Å². The molecule has 2 aliphatic rings. The van der Waals surface area contributed by atoms with Gasteiger partial charge >= 0.3 is 6.03 Å². The lowest BCUT2D eigenvalue weighted by Crippen LogP contribution is -2.34. The van der Waals surface area contributed by atoms with Crippen LogP contribution in [0.1, 0.15) is 47.7 Å². The quantitative estimate of drug-likeness (QED) is 0.536. The third-order valence-corrected chi connectivity index (χ3v) is 6.52. The average Bonchev–Trinajstić information content (AvgIpc) is 3.44. The zero-order valence-corrected chi connectivity index (χ0v) is 19.5. The Hall–Kier alpha value is -3.59. The number of hydrogen-bond donors (Lipinski definition) is 3. The number of anilines is 1. The molecular weight excluding hydrogens is 434 g/mol. The van der Waals surface area contributed by atoms with E-state index in [9.17, 15) is 14.7 Å². The molecule has 1 aliphatic heterocycles. The van der Waals surface area contributed by atoms with Crippen molar-refractivity contribution >= 4 is 23.1 Å². The van der Waals surface area contributed by atoms with E-state index in [2.05, 4.69) is 15.7 Å². The summed E-state index contributed by atoms with van der Waals surface area (Å²) in [5.74, 6) is 1.07. The predicted molar refractivity (Wildman–Crippen MR) is 127 cm³/mol. The van der Waals surface area contributed by atoms with Gasteiger partial charge in [0, 0.05) is 36.6 Å². The lowest BCUT2D eigenvalue weighted by atomic mass is 10.1. The first kappa shape index (κ1) is 22.2. The smallest absolute Gasteiger partial charge is 0.319 e. The van der Waals surface area contributed by atoms with E-state index in [1.165, 1.54) is 0 Å². The molecule has 2 aromatic heterocycles. The molecule has 1 aromatic carbocycles. The van der Waals surface area contributed by atoms with Crippen LogP contribution in [0, 0.1) is 13.8 Å². The molecule has 1 saturated heterocycles. The summed E-state index contributed by atoms with van der Waals surface area (Å²) in [7, 11) is 0. The van der Waals surface area contributed by atoms with E-state index < -0.39 is 6.10 Å². The highest BCUT2D eigenvalue weighted by atomic mass is 16.5. The fourth-order valence-corrected chi connectivity index (χ4v) is 4.50. The van der Waals surface area contributed by atoms with Gasteiger partial charge in [-0.15, -0.1) is 0 Å². The summed E-state index contributed by atoms with van der Waals surface area (Å²) in [6.07, 6.45) is 5.50. The Morgan fingerprint density at radius 3 is 2.68 bits per heavy atom. The Balaban J connectivity index is 1.38. The monoisotopic (exact) mass is 463 g/mol. The normalized spacial score (nSPS) is 19.9. The van der Waals surface area contributed by atoms with Crippen LogP contribution in [-0.4, -0.2) is 56.3 Å². The number of urea groups is 1. The van der Waals surface area contributed by atoms with Crippen LogP contribution in [0.3, 0.4) is 0 Å². The molecule has 0 unspecified atom stereocenters. The fourth-order valence-electron chi connectivity index (χ4n) is 4.50. The first-order valence-corrected chi connectivity index (χ1v) is 11.6. The van der Waals surface area contributed by atoms with Crippen molar-refractivity contribution in [1.29, 1.82) is 0 Å². The van der Waals surface area contributed by atoms with Crippen LogP contribution < -0.4 is 15.4 Å². The Labute approximate surface area is 197 Å². The highest BCUT2D eigenvalue weighted by Gasteiger charge is 2.33. The third kappa shape index (κ3) is 4.31. The van der Waals surface area contributed by atoms with E-state index in [0.717, 1.165) is 29.7 Å². The Morgan fingerprint density at radius 2 is 2.00 bits per heavy atom. The SMILES string of the molecule is Cc1cc(Oc2ccnn3cc(C(=O)N4C[C@@H](O)C[C@H]4C)c(C)c23)ccc1NC(=O)NC1CC1. The van der Waals surface area contributed by atoms with E-state index in [0.29, 0.717) is 35.5 Å². The largest absolute Gasteiger partial charge is 0.455 e. The van der Waals surface area contributed by atoms with Crippen molar-refractivity contribution in [3.8, 4) is 11.5 Å². The molecule has 178 valence electrons. The number of nitrogens with zero attached hydrogens (tertiary/aromatic N) is 3. The summed E-state index contributed by atoms with van der Waals surface area (Å²) in [4.78, 5) is 27.0. The van der Waals surface area contributed by atoms with Crippen LogP contribution in [0.4, 0.5) is 10.5 Å². The Bertz CT molecular complexity index is 1270.